The van der Waals surface area contributed by atoms with Crippen LogP contribution < -0.4 is 15.4 Å². The van der Waals surface area contributed by atoms with Crippen LogP contribution in [-0.2, 0) is 4.79 Å². The van der Waals surface area contributed by atoms with Gasteiger partial charge in [0.05, 0.1) is 18.7 Å². The number of thiocarbonyl (C=S) groups is 1. The molecule has 1 aliphatic rings. The Labute approximate surface area is 116 Å². The zero-order valence-corrected chi connectivity index (χ0v) is 11.4. The molecule has 0 amide bonds. The highest BCUT2D eigenvalue weighted by molar-refractivity contribution is 7.80. The van der Waals surface area contributed by atoms with Crippen LogP contribution in [0.3, 0.4) is 0 Å². The summed E-state index contributed by atoms with van der Waals surface area (Å²) >= 11 is 5.09. The lowest BCUT2D eigenvalue weighted by Gasteiger charge is -2.29. The summed E-state index contributed by atoms with van der Waals surface area (Å²) in [5.41, 5.74) is 1.51. The molecule has 6 heteroatoms. The number of ether oxygens (including phenoxy) is 1. The molecule has 2 rings (SSSR count). The lowest BCUT2D eigenvalue weighted by atomic mass is 9.95. The monoisotopic (exact) mass is 278 g/mol. The lowest BCUT2D eigenvalue weighted by Crippen LogP contribution is -2.44. The predicted molar refractivity (Wildman–Crippen MR) is 74.9 cm³/mol. The second kappa shape index (κ2) is 5.27. The van der Waals surface area contributed by atoms with E-state index in [1.165, 1.54) is 0 Å². The molecule has 1 aliphatic heterocycles. The summed E-state index contributed by atoms with van der Waals surface area (Å²) in [4.78, 5) is 11.4. The quantitative estimate of drug-likeness (QED) is 0.729. The molecule has 5 nitrogen and oxygen atoms in total. The number of carbonyl (C=O) groups is 1. The second-order valence-electron chi connectivity index (χ2n) is 4.12. The second-order valence-corrected chi connectivity index (χ2v) is 4.53. The van der Waals surface area contributed by atoms with Gasteiger partial charge in [-0.3, -0.25) is 0 Å². The van der Waals surface area contributed by atoms with Crippen molar-refractivity contribution in [3.8, 4) is 5.75 Å². The van der Waals surface area contributed by atoms with Crippen LogP contribution in [0, 0.1) is 0 Å². The number of nitrogens with one attached hydrogen (secondary N) is 2. The fourth-order valence-electron chi connectivity index (χ4n) is 2.12. The zero-order chi connectivity index (χ0) is 14.0. The fraction of sp³-hybridized carbons (Fsp3) is 0.231. The molecule has 0 aromatic heterocycles. The largest absolute Gasteiger partial charge is 0.496 e. The number of carboxylic acids is 1. The Hall–Kier alpha value is -2.08. The fourth-order valence-corrected chi connectivity index (χ4v) is 2.39. The van der Waals surface area contributed by atoms with E-state index in [-0.39, 0.29) is 5.57 Å². The maximum Gasteiger partial charge on any atom is 0.335 e. The highest BCUT2D eigenvalue weighted by atomic mass is 32.1. The van der Waals surface area contributed by atoms with Crippen molar-refractivity contribution < 1.29 is 14.6 Å². The van der Waals surface area contributed by atoms with E-state index >= 15 is 0 Å². The van der Waals surface area contributed by atoms with Crippen molar-refractivity contribution in [1.29, 1.82) is 0 Å². The van der Waals surface area contributed by atoms with Gasteiger partial charge in [0.2, 0.25) is 0 Å². The summed E-state index contributed by atoms with van der Waals surface area (Å²) in [5, 5.41) is 15.6. The number of allylic oxidation sites excluding steroid dienone is 1. The SMILES string of the molecule is COc1ccccc1[C@@H]1NC(=S)NC(C)=C1C(=O)O. The smallest absolute Gasteiger partial charge is 0.335 e. The van der Waals surface area contributed by atoms with Crippen LogP contribution in [0.25, 0.3) is 0 Å². The normalized spacial score (nSPS) is 18.6. The predicted octanol–water partition coefficient (Wildman–Crippen LogP) is 1.57. The molecule has 1 aromatic carbocycles. The number of hydrogen-bond donors (Lipinski definition) is 3. The third-order valence-corrected chi connectivity index (χ3v) is 3.17. The Balaban J connectivity index is 2.55. The molecular weight excluding hydrogens is 264 g/mol. The van der Waals surface area contributed by atoms with Crippen LogP contribution in [0.15, 0.2) is 35.5 Å². The van der Waals surface area contributed by atoms with E-state index in [9.17, 15) is 9.90 Å². The average molecular weight is 278 g/mol. The van der Waals surface area contributed by atoms with Gasteiger partial charge in [-0.25, -0.2) is 4.79 Å². The molecule has 0 saturated heterocycles. The van der Waals surface area contributed by atoms with E-state index in [1.54, 1.807) is 20.1 Å². The summed E-state index contributed by atoms with van der Waals surface area (Å²) in [7, 11) is 1.55. The minimum atomic E-state index is -0.990. The highest BCUT2D eigenvalue weighted by Gasteiger charge is 2.31. The van der Waals surface area contributed by atoms with Gasteiger partial charge in [0.1, 0.15) is 5.75 Å². The number of para-hydroxylation sites is 1. The molecule has 19 heavy (non-hydrogen) atoms. The van der Waals surface area contributed by atoms with Crippen LogP contribution in [0.4, 0.5) is 0 Å². The Morgan fingerprint density at radius 1 is 1.42 bits per heavy atom. The van der Waals surface area contributed by atoms with E-state index in [4.69, 9.17) is 17.0 Å². The summed E-state index contributed by atoms with van der Waals surface area (Å²) < 4.78 is 5.28. The number of methoxy groups -OCH3 is 1. The minimum Gasteiger partial charge on any atom is -0.496 e. The van der Waals surface area contributed by atoms with Gasteiger partial charge in [0, 0.05) is 11.3 Å². The molecule has 0 bridgehead atoms. The molecule has 1 atom stereocenters. The van der Waals surface area contributed by atoms with E-state index in [2.05, 4.69) is 10.6 Å². The van der Waals surface area contributed by atoms with Crippen LogP contribution in [0.5, 0.6) is 5.75 Å². The van der Waals surface area contributed by atoms with E-state index in [0.29, 0.717) is 16.6 Å². The number of rotatable bonds is 3. The first-order valence-electron chi connectivity index (χ1n) is 5.69. The third kappa shape index (κ3) is 2.53. The highest BCUT2D eigenvalue weighted by Crippen LogP contribution is 2.32. The first kappa shape index (κ1) is 13.4. The number of carboxylic acid groups (broad SMARTS) is 1. The average Bonchev–Trinajstić information content (AvgIpc) is 2.37. The van der Waals surface area contributed by atoms with Crippen LogP contribution in [0.1, 0.15) is 18.5 Å². The zero-order valence-electron chi connectivity index (χ0n) is 10.6. The van der Waals surface area contributed by atoms with Gasteiger partial charge in [-0.15, -0.1) is 0 Å². The van der Waals surface area contributed by atoms with Gasteiger partial charge >= 0.3 is 5.97 Å². The van der Waals surface area contributed by atoms with Crippen molar-refractivity contribution in [2.24, 2.45) is 0 Å². The number of aliphatic carboxylic acids is 1. The van der Waals surface area contributed by atoms with Crippen molar-refractivity contribution in [2.45, 2.75) is 13.0 Å². The maximum absolute atomic E-state index is 11.4. The van der Waals surface area contributed by atoms with Gasteiger partial charge in [-0.2, -0.15) is 0 Å². The molecule has 0 aliphatic carbocycles. The van der Waals surface area contributed by atoms with Gasteiger partial charge in [-0.1, -0.05) is 18.2 Å². The molecule has 1 aromatic rings. The summed E-state index contributed by atoms with van der Waals surface area (Å²) in [6.07, 6.45) is 0. The van der Waals surface area contributed by atoms with Crippen LogP contribution in [0.2, 0.25) is 0 Å². The summed E-state index contributed by atoms with van der Waals surface area (Å²) in [5.74, 6) is -0.368. The molecular formula is C13H14N2O3S. The molecule has 100 valence electrons. The van der Waals surface area contributed by atoms with Crippen LogP contribution >= 0.6 is 12.2 Å². The van der Waals surface area contributed by atoms with Gasteiger partial charge in [-0.05, 0) is 25.2 Å². The molecule has 0 unspecified atom stereocenters. The Kier molecular flexibility index (Phi) is 3.71. The van der Waals surface area contributed by atoms with Crippen molar-refractivity contribution >= 4 is 23.3 Å². The van der Waals surface area contributed by atoms with Gasteiger partial charge < -0.3 is 20.5 Å². The first-order valence-corrected chi connectivity index (χ1v) is 6.10. The summed E-state index contributed by atoms with van der Waals surface area (Å²) in [6, 6.07) is 6.75. The van der Waals surface area contributed by atoms with Crippen molar-refractivity contribution in [3.63, 3.8) is 0 Å². The topological polar surface area (TPSA) is 70.6 Å². The van der Waals surface area contributed by atoms with Gasteiger partial charge in [0.15, 0.2) is 5.11 Å². The standard InChI is InChI=1S/C13H14N2O3S/c1-7-10(12(16)17)11(15-13(19)14-7)8-5-3-4-6-9(8)18-2/h3-6,11H,1-2H3,(H,16,17)(H2,14,15,19)/t11-/m0/s1. The lowest BCUT2D eigenvalue weighted by molar-refractivity contribution is -0.133. The maximum atomic E-state index is 11.4. The number of hydrogen-bond acceptors (Lipinski definition) is 3. The molecule has 0 radical (unpaired) electrons. The van der Waals surface area contributed by atoms with Crippen LogP contribution in [-0.4, -0.2) is 23.3 Å². The Morgan fingerprint density at radius 2 is 2.11 bits per heavy atom. The van der Waals surface area contributed by atoms with Crippen molar-refractivity contribution in [3.05, 3.63) is 41.1 Å². The molecule has 3 N–H and O–H groups in total. The molecule has 0 spiro atoms. The van der Waals surface area contributed by atoms with E-state index in [0.717, 1.165) is 5.56 Å². The number of benzene rings is 1. The van der Waals surface area contributed by atoms with E-state index < -0.39 is 12.0 Å². The van der Waals surface area contributed by atoms with E-state index in [1.807, 2.05) is 18.2 Å². The van der Waals surface area contributed by atoms with Gasteiger partial charge in [0.25, 0.3) is 0 Å². The third-order valence-electron chi connectivity index (χ3n) is 2.95. The Bertz CT molecular complexity index is 569. The van der Waals surface area contributed by atoms with Crippen molar-refractivity contribution in [2.75, 3.05) is 7.11 Å². The Morgan fingerprint density at radius 3 is 2.74 bits per heavy atom. The summed E-state index contributed by atoms with van der Waals surface area (Å²) in [6.45, 7) is 1.69. The molecule has 0 fully saturated rings. The first-order chi connectivity index (χ1) is 9.04. The molecule has 0 saturated carbocycles. The van der Waals surface area contributed by atoms with Crippen molar-refractivity contribution in [1.82, 2.24) is 10.6 Å². The minimum absolute atomic E-state index is 0.234. The molecule has 1 heterocycles.